The van der Waals surface area contributed by atoms with Crippen LogP contribution in [0.25, 0.3) is 0 Å². The van der Waals surface area contributed by atoms with E-state index in [-0.39, 0.29) is 12.6 Å². The van der Waals surface area contributed by atoms with Crippen LogP contribution in [0.4, 0.5) is 4.79 Å². The number of amides is 2. The molecule has 106 valence electrons. The largest absolute Gasteiger partial charge is 0.481 e. The molecule has 19 heavy (non-hydrogen) atoms. The SMILES string of the molecule is C=CCN(CC=C)C(=O)N1CCC(CC)(C(=O)O)C1. The number of hydrogen-bond acceptors (Lipinski definition) is 2. The van der Waals surface area contributed by atoms with Crippen molar-refractivity contribution < 1.29 is 14.7 Å². The van der Waals surface area contributed by atoms with Crippen molar-refractivity contribution in [1.82, 2.24) is 9.80 Å². The van der Waals surface area contributed by atoms with Crippen molar-refractivity contribution in [3.8, 4) is 0 Å². The lowest BCUT2D eigenvalue weighted by molar-refractivity contribution is -0.148. The molecule has 0 spiro atoms. The second-order valence-electron chi connectivity index (χ2n) is 4.88. The number of hydrogen-bond donors (Lipinski definition) is 1. The minimum absolute atomic E-state index is 0.142. The molecule has 0 aliphatic carbocycles. The van der Waals surface area contributed by atoms with E-state index in [1.807, 2.05) is 6.92 Å². The maximum absolute atomic E-state index is 12.3. The van der Waals surface area contributed by atoms with Crippen molar-refractivity contribution in [3.05, 3.63) is 25.3 Å². The van der Waals surface area contributed by atoms with E-state index in [0.717, 1.165) is 0 Å². The highest BCUT2D eigenvalue weighted by Gasteiger charge is 2.45. The number of rotatable bonds is 6. The third kappa shape index (κ3) is 3.16. The summed E-state index contributed by atoms with van der Waals surface area (Å²) in [5, 5.41) is 9.32. The average Bonchev–Trinajstić information content (AvgIpc) is 2.83. The van der Waals surface area contributed by atoms with Crippen LogP contribution in [0, 0.1) is 5.41 Å². The molecule has 1 aliphatic rings. The van der Waals surface area contributed by atoms with E-state index in [1.54, 1.807) is 22.0 Å². The van der Waals surface area contributed by atoms with Gasteiger partial charge in [0.05, 0.1) is 5.41 Å². The first-order valence-electron chi connectivity index (χ1n) is 6.49. The predicted molar refractivity (Wildman–Crippen MR) is 73.9 cm³/mol. The Balaban J connectivity index is 2.76. The third-order valence-corrected chi connectivity index (χ3v) is 3.72. The Kier molecular flexibility index (Phi) is 5.15. The summed E-state index contributed by atoms with van der Waals surface area (Å²) in [6.07, 6.45) is 4.36. The number of nitrogens with zero attached hydrogens (tertiary/aromatic N) is 2. The summed E-state index contributed by atoms with van der Waals surface area (Å²) in [5.41, 5.74) is -0.788. The van der Waals surface area contributed by atoms with Crippen molar-refractivity contribution in [1.29, 1.82) is 0 Å². The van der Waals surface area contributed by atoms with Crippen LogP contribution in [0.1, 0.15) is 19.8 Å². The lowest BCUT2D eigenvalue weighted by Gasteiger charge is -2.28. The molecule has 0 aromatic carbocycles. The van der Waals surface area contributed by atoms with Gasteiger partial charge in [0.25, 0.3) is 0 Å². The molecule has 5 nitrogen and oxygen atoms in total. The van der Waals surface area contributed by atoms with Gasteiger partial charge in [-0.25, -0.2) is 4.79 Å². The highest BCUT2D eigenvalue weighted by molar-refractivity contribution is 5.80. The second-order valence-corrected chi connectivity index (χ2v) is 4.88. The molecule has 1 N–H and O–H groups in total. The van der Waals surface area contributed by atoms with Crippen LogP contribution >= 0.6 is 0 Å². The van der Waals surface area contributed by atoms with Crippen LogP contribution in [0.3, 0.4) is 0 Å². The Morgan fingerprint density at radius 2 is 1.95 bits per heavy atom. The molecule has 1 rings (SSSR count). The second kappa shape index (κ2) is 6.41. The zero-order valence-electron chi connectivity index (χ0n) is 11.5. The van der Waals surface area contributed by atoms with Crippen molar-refractivity contribution in [3.63, 3.8) is 0 Å². The summed E-state index contributed by atoms with van der Waals surface area (Å²) >= 11 is 0. The van der Waals surface area contributed by atoms with Gasteiger partial charge in [0.1, 0.15) is 0 Å². The van der Waals surface area contributed by atoms with Crippen LogP contribution < -0.4 is 0 Å². The van der Waals surface area contributed by atoms with Crippen molar-refractivity contribution in [2.24, 2.45) is 5.41 Å². The van der Waals surface area contributed by atoms with E-state index in [0.29, 0.717) is 32.5 Å². The molecule has 1 saturated heterocycles. The van der Waals surface area contributed by atoms with Gasteiger partial charge in [-0.05, 0) is 12.8 Å². The average molecular weight is 266 g/mol. The smallest absolute Gasteiger partial charge is 0.320 e. The third-order valence-electron chi connectivity index (χ3n) is 3.72. The van der Waals surface area contributed by atoms with Gasteiger partial charge < -0.3 is 14.9 Å². The van der Waals surface area contributed by atoms with Gasteiger partial charge in [0, 0.05) is 26.2 Å². The maximum atomic E-state index is 12.3. The van der Waals surface area contributed by atoms with Gasteiger partial charge in [-0.2, -0.15) is 0 Å². The van der Waals surface area contributed by atoms with Crippen molar-refractivity contribution >= 4 is 12.0 Å². The van der Waals surface area contributed by atoms with Crippen LogP contribution in [-0.2, 0) is 4.79 Å². The quantitative estimate of drug-likeness (QED) is 0.748. The van der Waals surface area contributed by atoms with E-state index < -0.39 is 11.4 Å². The van der Waals surface area contributed by atoms with E-state index in [4.69, 9.17) is 0 Å². The van der Waals surface area contributed by atoms with E-state index >= 15 is 0 Å². The first-order valence-corrected chi connectivity index (χ1v) is 6.49. The number of carbonyl (C=O) groups excluding carboxylic acids is 1. The number of carboxylic acids is 1. The molecule has 0 aromatic heterocycles. The molecular weight excluding hydrogens is 244 g/mol. The molecule has 1 heterocycles. The van der Waals surface area contributed by atoms with Gasteiger partial charge in [0.15, 0.2) is 0 Å². The normalized spacial score (nSPS) is 22.1. The zero-order valence-corrected chi connectivity index (χ0v) is 11.5. The minimum atomic E-state index is -0.815. The van der Waals surface area contributed by atoms with E-state index in [9.17, 15) is 14.7 Å². The Morgan fingerprint density at radius 3 is 2.32 bits per heavy atom. The molecule has 0 aromatic rings. The fourth-order valence-electron chi connectivity index (χ4n) is 2.39. The van der Waals surface area contributed by atoms with Gasteiger partial charge in [-0.1, -0.05) is 19.1 Å². The van der Waals surface area contributed by atoms with Crippen LogP contribution in [0.15, 0.2) is 25.3 Å². The van der Waals surface area contributed by atoms with Gasteiger partial charge in [-0.15, -0.1) is 13.2 Å². The number of urea groups is 1. The molecule has 2 amide bonds. The molecule has 1 aliphatic heterocycles. The molecule has 1 unspecified atom stereocenters. The first kappa shape index (κ1) is 15.3. The van der Waals surface area contributed by atoms with Gasteiger partial charge >= 0.3 is 12.0 Å². The lowest BCUT2D eigenvalue weighted by atomic mass is 9.84. The van der Waals surface area contributed by atoms with E-state index in [2.05, 4.69) is 13.2 Å². The van der Waals surface area contributed by atoms with Crippen molar-refractivity contribution in [2.75, 3.05) is 26.2 Å². The standard InChI is InChI=1S/C14H22N2O3/c1-4-8-15(9-5-2)13(19)16-10-7-14(6-3,11-16)12(17)18/h4-5H,1-2,6-11H2,3H3,(H,17,18). The number of aliphatic carboxylic acids is 1. The fraction of sp³-hybridized carbons (Fsp3) is 0.571. The van der Waals surface area contributed by atoms with Gasteiger partial charge in [-0.3, -0.25) is 4.79 Å². The summed E-state index contributed by atoms with van der Waals surface area (Å²) < 4.78 is 0. The Labute approximate surface area is 114 Å². The molecule has 1 fully saturated rings. The Hall–Kier alpha value is -1.78. The maximum Gasteiger partial charge on any atom is 0.320 e. The summed E-state index contributed by atoms with van der Waals surface area (Å²) in [6, 6.07) is -0.142. The van der Waals surface area contributed by atoms with Gasteiger partial charge in [0.2, 0.25) is 0 Å². The summed E-state index contributed by atoms with van der Waals surface area (Å²) in [6.45, 7) is 10.7. The predicted octanol–water partition coefficient (Wildman–Crippen LogP) is 1.97. The Bertz CT molecular complexity index is 371. The first-order chi connectivity index (χ1) is 9.00. The number of carboxylic acid groups (broad SMARTS) is 1. The Morgan fingerprint density at radius 1 is 1.37 bits per heavy atom. The highest BCUT2D eigenvalue weighted by Crippen LogP contribution is 2.34. The molecular formula is C14H22N2O3. The summed E-state index contributed by atoms with van der Waals surface area (Å²) in [5.74, 6) is -0.815. The molecule has 1 atom stereocenters. The molecule has 0 saturated carbocycles. The summed E-state index contributed by atoms with van der Waals surface area (Å²) in [4.78, 5) is 26.9. The molecule has 5 heteroatoms. The minimum Gasteiger partial charge on any atom is -0.481 e. The van der Waals surface area contributed by atoms with E-state index in [1.165, 1.54) is 0 Å². The molecule has 0 radical (unpaired) electrons. The number of carbonyl (C=O) groups is 2. The zero-order chi connectivity index (χ0) is 14.5. The molecule has 0 bridgehead atoms. The number of likely N-dealkylation sites (tertiary alicyclic amines) is 1. The van der Waals surface area contributed by atoms with Crippen LogP contribution in [0.5, 0.6) is 0 Å². The van der Waals surface area contributed by atoms with Crippen LogP contribution in [0.2, 0.25) is 0 Å². The van der Waals surface area contributed by atoms with Crippen molar-refractivity contribution in [2.45, 2.75) is 19.8 Å². The fourth-order valence-corrected chi connectivity index (χ4v) is 2.39. The topological polar surface area (TPSA) is 60.9 Å². The monoisotopic (exact) mass is 266 g/mol. The lowest BCUT2D eigenvalue weighted by Crippen LogP contribution is -2.44. The van der Waals surface area contributed by atoms with Crippen LogP contribution in [-0.4, -0.2) is 53.1 Å². The summed E-state index contributed by atoms with van der Waals surface area (Å²) in [7, 11) is 0. The highest BCUT2D eigenvalue weighted by atomic mass is 16.4.